The number of thioether (sulfide) groups is 1. The SMILES string of the molecule is CN.CSc1cc(-c2cnn(C)c2C)ccc1Nc1cc(NC(=O)C2CC2)nc2nc(C(F)F)[nH]c12. The van der Waals surface area contributed by atoms with Crippen LogP contribution in [0.1, 0.15) is 30.8 Å². The molecule has 5 rings (SSSR count). The third-order valence-corrected chi connectivity index (χ3v) is 6.68. The molecule has 0 aliphatic heterocycles. The predicted molar refractivity (Wildman–Crippen MR) is 139 cm³/mol. The summed E-state index contributed by atoms with van der Waals surface area (Å²) >= 11 is 1.56. The number of fused-ring (bicyclic) bond motifs is 1. The number of halogens is 2. The van der Waals surface area contributed by atoms with E-state index in [2.05, 4.69) is 42.5 Å². The monoisotopic (exact) mass is 514 g/mol. The number of aryl methyl sites for hydroxylation is 1. The van der Waals surface area contributed by atoms with E-state index in [1.54, 1.807) is 17.8 Å². The van der Waals surface area contributed by atoms with Crippen LogP contribution in [0.4, 0.5) is 26.0 Å². The maximum absolute atomic E-state index is 13.3. The summed E-state index contributed by atoms with van der Waals surface area (Å²) in [6, 6.07) is 7.62. The highest BCUT2D eigenvalue weighted by Gasteiger charge is 2.30. The molecule has 12 heteroatoms. The number of amides is 1. The van der Waals surface area contributed by atoms with E-state index in [0.717, 1.165) is 40.2 Å². The van der Waals surface area contributed by atoms with Crippen molar-refractivity contribution < 1.29 is 13.6 Å². The van der Waals surface area contributed by atoms with Crippen LogP contribution in [-0.4, -0.2) is 43.9 Å². The van der Waals surface area contributed by atoms with Crippen LogP contribution < -0.4 is 16.4 Å². The number of rotatable bonds is 7. The summed E-state index contributed by atoms with van der Waals surface area (Å²) in [6.07, 6.45) is 2.72. The van der Waals surface area contributed by atoms with Crippen molar-refractivity contribution in [1.82, 2.24) is 24.7 Å². The minimum Gasteiger partial charge on any atom is -0.353 e. The number of alkyl halides is 2. The summed E-state index contributed by atoms with van der Waals surface area (Å²) in [4.78, 5) is 24.1. The molecular formula is C24H28F2N8OS. The largest absolute Gasteiger partial charge is 0.353 e. The topological polar surface area (TPSA) is 127 Å². The third kappa shape index (κ3) is 5.19. The van der Waals surface area contributed by atoms with Crippen LogP contribution in [0.25, 0.3) is 22.3 Å². The minimum absolute atomic E-state index is 0.0173. The molecule has 190 valence electrons. The van der Waals surface area contributed by atoms with Gasteiger partial charge in [-0.3, -0.25) is 9.48 Å². The van der Waals surface area contributed by atoms with Crippen molar-refractivity contribution in [1.29, 1.82) is 0 Å². The standard InChI is InChI=1S/C23H23F2N7OS.CH5N/c1-11-14(10-26-32(11)2)13-6-7-15(17(8-13)34-3)27-16-9-18(29-23(33)12-4-5-12)28-21-19(16)30-22(31-21)20(24)25;1-2/h6-10,12,20H,4-5H2,1-3H3,(H3,27,28,29,30,31,33);2H2,1H3. The van der Waals surface area contributed by atoms with Crippen LogP contribution in [0.15, 0.2) is 35.4 Å². The molecule has 1 amide bonds. The number of pyridine rings is 1. The number of imidazole rings is 1. The molecule has 4 aromatic rings. The molecule has 0 unspecified atom stereocenters. The molecule has 0 spiro atoms. The van der Waals surface area contributed by atoms with E-state index in [9.17, 15) is 13.6 Å². The fraction of sp³-hybridized carbons (Fsp3) is 0.333. The Morgan fingerprint density at radius 1 is 1.22 bits per heavy atom. The first kappa shape index (κ1) is 25.6. The number of carbonyl (C=O) groups excluding carboxylic acids is 1. The van der Waals surface area contributed by atoms with E-state index in [0.29, 0.717) is 11.2 Å². The molecule has 36 heavy (non-hydrogen) atoms. The second-order valence-electron chi connectivity index (χ2n) is 8.25. The van der Waals surface area contributed by atoms with Crippen molar-refractivity contribution in [2.75, 3.05) is 23.9 Å². The summed E-state index contributed by atoms with van der Waals surface area (Å²) in [5.74, 6) is -0.337. The zero-order valence-corrected chi connectivity index (χ0v) is 21.2. The smallest absolute Gasteiger partial charge is 0.295 e. The molecule has 1 aromatic carbocycles. The van der Waals surface area contributed by atoms with Gasteiger partial charge in [-0.05, 0) is 50.8 Å². The van der Waals surface area contributed by atoms with Gasteiger partial charge >= 0.3 is 0 Å². The lowest BCUT2D eigenvalue weighted by molar-refractivity contribution is -0.117. The lowest BCUT2D eigenvalue weighted by Gasteiger charge is -2.14. The molecule has 3 heterocycles. The van der Waals surface area contributed by atoms with E-state index >= 15 is 0 Å². The van der Waals surface area contributed by atoms with Crippen molar-refractivity contribution in [3.05, 3.63) is 42.0 Å². The second kappa shape index (κ2) is 10.6. The highest BCUT2D eigenvalue weighted by molar-refractivity contribution is 7.98. The van der Waals surface area contributed by atoms with Crippen molar-refractivity contribution in [3.8, 4) is 11.1 Å². The molecule has 0 atom stereocenters. The molecule has 3 aromatic heterocycles. The first-order chi connectivity index (χ1) is 17.3. The fourth-order valence-electron chi connectivity index (χ4n) is 3.73. The van der Waals surface area contributed by atoms with Crippen LogP contribution in [0.2, 0.25) is 0 Å². The van der Waals surface area contributed by atoms with Gasteiger partial charge in [-0.1, -0.05) is 6.07 Å². The van der Waals surface area contributed by atoms with Gasteiger partial charge in [0.05, 0.1) is 17.6 Å². The number of nitrogens with two attached hydrogens (primary N) is 1. The maximum Gasteiger partial charge on any atom is 0.295 e. The molecule has 1 saturated carbocycles. The van der Waals surface area contributed by atoms with Crippen LogP contribution in [0, 0.1) is 12.8 Å². The Morgan fingerprint density at radius 3 is 2.58 bits per heavy atom. The lowest BCUT2D eigenvalue weighted by atomic mass is 10.1. The van der Waals surface area contributed by atoms with Gasteiger partial charge in [0.25, 0.3) is 6.43 Å². The average molecular weight is 515 g/mol. The first-order valence-corrected chi connectivity index (χ1v) is 12.6. The lowest BCUT2D eigenvalue weighted by Crippen LogP contribution is -2.14. The van der Waals surface area contributed by atoms with E-state index in [-0.39, 0.29) is 23.3 Å². The van der Waals surface area contributed by atoms with Crippen molar-refractivity contribution >= 4 is 46.0 Å². The van der Waals surface area contributed by atoms with Crippen molar-refractivity contribution in [2.45, 2.75) is 31.1 Å². The highest BCUT2D eigenvalue weighted by Crippen LogP contribution is 2.36. The summed E-state index contributed by atoms with van der Waals surface area (Å²) in [7, 11) is 3.40. The Bertz CT molecular complexity index is 1400. The molecule has 0 saturated heterocycles. The average Bonchev–Trinajstić information content (AvgIpc) is 3.56. The molecule has 1 aliphatic rings. The number of aromatic nitrogens is 5. The van der Waals surface area contributed by atoms with E-state index in [4.69, 9.17) is 0 Å². The van der Waals surface area contributed by atoms with Gasteiger partial charge in [-0.25, -0.2) is 18.7 Å². The van der Waals surface area contributed by atoms with Gasteiger partial charge < -0.3 is 21.4 Å². The van der Waals surface area contributed by atoms with E-state index in [1.165, 1.54) is 7.05 Å². The molecular weight excluding hydrogens is 486 g/mol. The number of nitrogens with one attached hydrogen (secondary N) is 3. The molecule has 0 radical (unpaired) electrons. The Kier molecular flexibility index (Phi) is 7.55. The van der Waals surface area contributed by atoms with Crippen LogP contribution in [0.3, 0.4) is 0 Å². The third-order valence-electron chi connectivity index (χ3n) is 5.90. The maximum atomic E-state index is 13.3. The van der Waals surface area contributed by atoms with Crippen molar-refractivity contribution in [3.63, 3.8) is 0 Å². The van der Waals surface area contributed by atoms with Gasteiger partial charge in [0.2, 0.25) is 5.91 Å². The summed E-state index contributed by atoms with van der Waals surface area (Å²) in [6.45, 7) is 2.01. The number of hydrogen-bond donors (Lipinski definition) is 4. The van der Waals surface area contributed by atoms with E-state index in [1.807, 2.05) is 43.2 Å². The zero-order valence-electron chi connectivity index (χ0n) is 20.4. The molecule has 1 fully saturated rings. The summed E-state index contributed by atoms with van der Waals surface area (Å²) in [5.41, 5.74) is 9.36. The Morgan fingerprint density at radius 2 is 1.97 bits per heavy atom. The van der Waals surface area contributed by atoms with Crippen LogP contribution in [0.5, 0.6) is 0 Å². The predicted octanol–water partition coefficient (Wildman–Crippen LogP) is 4.99. The Labute approximate surface area is 211 Å². The quantitative estimate of drug-likeness (QED) is 0.256. The number of benzene rings is 1. The number of hydrogen-bond acceptors (Lipinski definition) is 7. The molecule has 1 aliphatic carbocycles. The van der Waals surface area contributed by atoms with Crippen LogP contribution >= 0.6 is 11.8 Å². The van der Waals surface area contributed by atoms with Crippen molar-refractivity contribution in [2.24, 2.45) is 18.7 Å². The first-order valence-electron chi connectivity index (χ1n) is 11.4. The number of carbonyl (C=O) groups is 1. The second-order valence-corrected chi connectivity index (χ2v) is 9.10. The van der Waals surface area contributed by atoms with Gasteiger partial charge in [-0.2, -0.15) is 5.10 Å². The molecule has 9 nitrogen and oxygen atoms in total. The van der Waals surface area contributed by atoms with Gasteiger partial charge in [0, 0.05) is 35.2 Å². The Balaban J connectivity index is 0.00000148. The van der Waals surface area contributed by atoms with Crippen LogP contribution in [-0.2, 0) is 11.8 Å². The fourth-order valence-corrected chi connectivity index (χ4v) is 4.32. The number of anilines is 3. The zero-order chi connectivity index (χ0) is 26.0. The van der Waals surface area contributed by atoms with Gasteiger partial charge in [0.15, 0.2) is 11.5 Å². The Hall–Kier alpha value is -3.51. The molecule has 0 bridgehead atoms. The van der Waals surface area contributed by atoms with Gasteiger partial charge in [-0.15, -0.1) is 11.8 Å². The number of H-pyrrole nitrogens is 1. The summed E-state index contributed by atoms with van der Waals surface area (Å²) < 4.78 is 28.5. The number of aromatic amines is 1. The highest BCUT2D eigenvalue weighted by atomic mass is 32.2. The van der Waals surface area contributed by atoms with E-state index < -0.39 is 12.2 Å². The number of nitrogens with zero attached hydrogens (tertiary/aromatic N) is 4. The minimum atomic E-state index is -2.77. The van der Waals surface area contributed by atoms with Gasteiger partial charge in [0.1, 0.15) is 11.3 Å². The normalized spacial score (nSPS) is 13.0. The summed E-state index contributed by atoms with van der Waals surface area (Å²) in [5, 5.41) is 10.4. The molecule has 5 N–H and O–H groups in total.